The molecule has 0 aliphatic rings. The van der Waals surface area contributed by atoms with Gasteiger partial charge in [0.1, 0.15) is 18.7 Å². The van der Waals surface area contributed by atoms with E-state index < -0.39 is 35.8 Å². The Labute approximate surface area is 220 Å². The molecule has 0 heterocycles. The molecule has 0 bridgehead atoms. The molecule has 0 aliphatic heterocycles. The molecule has 12 nitrogen and oxygen atoms in total. The van der Waals surface area contributed by atoms with E-state index in [9.17, 15) is 24.0 Å². The van der Waals surface area contributed by atoms with Gasteiger partial charge in [0.25, 0.3) is 12.4 Å². The third kappa shape index (κ3) is 9.80. The van der Waals surface area contributed by atoms with Crippen molar-refractivity contribution in [2.24, 2.45) is 11.7 Å². The zero-order valence-corrected chi connectivity index (χ0v) is 21.4. The quantitative estimate of drug-likeness (QED) is 0.121. The van der Waals surface area contributed by atoms with Crippen molar-refractivity contribution in [3.05, 3.63) is 59.7 Å². The van der Waals surface area contributed by atoms with Gasteiger partial charge in [-0.2, -0.15) is 0 Å². The maximum absolute atomic E-state index is 13.2. The van der Waals surface area contributed by atoms with E-state index in [-0.39, 0.29) is 25.5 Å². The number of ether oxygens (including phenoxy) is 1. The lowest BCUT2D eigenvalue weighted by atomic mass is 10.0. The first-order valence-corrected chi connectivity index (χ1v) is 12.1. The number of carbonyl (C=O) groups excluding carboxylic acids is 5. The fourth-order valence-corrected chi connectivity index (χ4v) is 3.49. The summed E-state index contributed by atoms with van der Waals surface area (Å²) in [6.07, 6.45) is 0.549. The van der Waals surface area contributed by atoms with Crippen molar-refractivity contribution in [1.82, 2.24) is 16.0 Å². The Morgan fingerprint density at radius 3 is 2.18 bits per heavy atom. The molecule has 5 amide bonds. The summed E-state index contributed by atoms with van der Waals surface area (Å²) in [4.78, 5) is 60.3. The molecule has 0 spiro atoms. The van der Waals surface area contributed by atoms with Gasteiger partial charge in [-0.05, 0) is 60.7 Å². The largest absolute Gasteiger partial charge is 0.463 e. The highest BCUT2D eigenvalue weighted by Crippen LogP contribution is 2.13. The molecular formula is C26H34N6O6. The minimum atomic E-state index is -0.968. The second kappa shape index (κ2) is 14.8. The van der Waals surface area contributed by atoms with Gasteiger partial charge >= 0.3 is 6.03 Å². The van der Waals surface area contributed by atoms with Gasteiger partial charge < -0.3 is 37.5 Å². The summed E-state index contributed by atoms with van der Waals surface area (Å²) in [5, 5.41) is 10.6. The zero-order valence-electron chi connectivity index (χ0n) is 21.4. The van der Waals surface area contributed by atoms with E-state index in [1.807, 2.05) is 0 Å². The standard InChI is InChI=1S/C26H34N6O6/c1-16(2)22(32-23(34)18-7-9-19(27)10-8-18)25(36)31-21(4-3-13-29-26(28)37)24(35)30-20-11-5-17(6-12-20)14-38-15-33/h5-12,15-16,21-22H,3-4,13-14,27H2,1-2H3,(H,30,35)(H,31,36)(H,32,34)(H3,28,29,37). The smallest absolute Gasteiger partial charge is 0.312 e. The van der Waals surface area contributed by atoms with Crippen molar-refractivity contribution in [3.63, 3.8) is 0 Å². The Bertz CT molecular complexity index is 1100. The third-order valence-electron chi connectivity index (χ3n) is 5.55. The van der Waals surface area contributed by atoms with Crippen LogP contribution in [-0.4, -0.2) is 48.9 Å². The maximum atomic E-state index is 13.2. The van der Waals surface area contributed by atoms with Crippen LogP contribution >= 0.6 is 0 Å². The number of urea groups is 1. The molecule has 204 valence electrons. The van der Waals surface area contributed by atoms with E-state index in [2.05, 4.69) is 21.3 Å². The molecule has 0 aromatic heterocycles. The fourth-order valence-electron chi connectivity index (χ4n) is 3.49. The first-order valence-electron chi connectivity index (χ1n) is 12.1. The van der Waals surface area contributed by atoms with Crippen LogP contribution in [0.2, 0.25) is 0 Å². The number of rotatable bonds is 14. The molecule has 2 atom stereocenters. The summed E-state index contributed by atoms with van der Waals surface area (Å²) < 4.78 is 4.71. The molecule has 2 unspecified atom stereocenters. The number of carbonyl (C=O) groups is 5. The number of amides is 5. The molecule has 0 radical (unpaired) electrons. The maximum Gasteiger partial charge on any atom is 0.312 e. The summed E-state index contributed by atoms with van der Waals surface area (Å²) in [5.41, 5.74) is 12.8. The second-order valence-corrected chi connectivity index (χ2v) is 8.90. The lowest BCUT2D eigenvalue weighted by Gasteiger charge is -2.25. The van der Waals surface area contributed by atoms with Gasteiger partial charge in [-0.25, -0.2) is 4.79 Å². The molecular weight excluding hydrogens is 492 g/mol. The molecule has 2 aromatic rings. The molecule has 0 fully saturated rings. The summed E-state index contributed by atoms with van der Waals surface area (Å²) in [6, 6.07) is 10.3. The molecule has 2 rings (SSSR count). The van der Waals surface area contributed by atoms with Crippen LogP contribution in [0.25, 0.3) is 0 Å². The predicted octanol–water partition coefficient (Wildman–Crippen LogP) is 1.27. The topological polar surface area (TPSA) is 195 Å². The summed E-state index contributed by atoms with van der Waals surface area (Å²) >= 11 is 0. The molecule has 2 aromatic carbocycles. The van der Waals surface area contributed by atoms with E-state index in [1.54, 1.807) is 62.4 Å². The van der Waals surface area contributed by atoms with E-state index >= 15 is 0 Å². The van der Waals surface area contributed by atoms with Crippen LogP contribution in [0.3, 0.4) is 0 Å². The van der Waals surface area contributed by atoms with Gasteiger partial charge in [0.2, 0.25) is 11.8 Å². The molecule has 0 saturated carbocycles. The van der Waals surface area contributed by atoms with Crippen molar-refractivity contribution < 1.29 is 28.7 Å². The Morgan fingerprint density at radius 1 is 0.947 bits per heavy atom. The van der Waals surface area contributed by atoms with Crippen LogP contribution in [0.15, 0.2) is 48.5 Å². The molecule has 0 saturated heterocycles. The Hall–Kier alpha value is -4.61. The van der Waals surface area contributed by atoms with E-state index in [0.29, 0.717) is 29.8 Å². The van der Waals surface area contributed by atoms with Crippen LogP contribution < -0.4 is 32.7 Å². The summed E-state index contributed by atoms with van der Waals surface area (Å²) in [5.74, 6) is -1.76. The average Bonchev–Trinajstić information content (AvgIpc) is 2.88. The Morgan fingerprint density at radius 2 is 1.61 bits per heavy atom. The highest BCUT2D eigenvalue weighted by molar-refractivity contribution is 6.00. The normalized spacial score (nSPS) is 12.1. The SMILES string of the molecule is CC(C)C(NC(=O)c1ccc(N)cc1)C(=O)NC(CCCNC(N)=O)C(=O)Nc1ccc(COC=O)cc1. The lowest BCUT2D eigenvalue weighted by molar-refractivity contribution is -0.129. The minimum absolute atomic E-state index is 0.0992. The number of nitrogens with two attached hydrogens (primary N) is 2. The van der Waals surface area contributed by atoms with Gasteiger partial charge in [-0.3, -0.25) is 19.2 Å². The van der Waals surface area contributed by atoms with Crippen molar-refractivity contribution in [1.29, 1.82) is 0 Å². The monoisotopic (exact) mass is 526 g/mol. The van der Waals surface area contributed by atoms with Gasteiger partial charge in [0.15, 0.2) is 0 Å². The van der Waals surface area contributed by atoms with Crippen LogP contribution in [0.5, 0.6) is 0 Å². The van der Waals surface area contributed by atoms with Crippen molar-refractivity contribution in [2.75, 3.05) is 17.6 Å². The molecule has 0 aliphatic carbocycles. The zero-order chi connectivity index (χ0) is 28.1. The van der Waals surface area contributed by atoms with Crippen LogP contribution in [0.1, 0.15) is 42.6 Å². The predicted molar refractivity (Wildman–Crippen MR) is 142 cm³/mol. The van der Waals surface area contributed by atoms with Crippen LogP contribution in [0.4, 0.5) is 16.2 Å². The molecule has 12 heteroatoms. The van der Waals surface area contributed by atoms with Crippen LogP contribution in [0, 0.1) is 5.92 Å². The Kier molecular flexibility index (Phi) is 11.6. The summed E-state index contributed by atoms with van der Waals surface area (Å²) in [7, 11) is 0. The number of hydrogen-bond donors (Lipinski definition) is 6. The van der Waals surface area contributed by atoms with Crippen molar-refractivity contribution >= 4 is 41.6 Å². The van der Waals surface area contributed by atoms with Gasteiger partial charge in [-0.1, -0.05) is 26.0 Å². The number of nitrogen functional groups attached to an aromatic ring is 1. The second-order valence-electron chi connectivity index (χ2n) is 8.90. The Balaban J connectivity index is 2.11. The number of primary amides is 1. The van der Waals surface area contributed by atoms with Gasteiger partial charge in [-0.15, -0.1) is 0 Å². The minimum Gasteiger partial charge on any atom is -0.463 e. The first kappa shape index (κ1) is 29.6. The van der Waals surface area contributed by atoms with Gasteiger partial charge in [0, 0.05) is 23.5 Å². The molecule has 8 N–H and O–H groups in total. The van der Waals surface area contributed by atoms with E-state index in [0.717, 1.165) is 5.56 Å². The lowest BCUT2D eigenvalue weighted by Crippen LogP contribution is -2.54. The fraction of sp³-hybridized carbons (Fsp3) is 0.346. The van der Waals surface area contributed by atoms with Gasteiger partial charge in [0.05, 0.1) is 0 Å². The number of nitrogens with one attached hydrogen (secondary N) is 4. The van der Waals surface area contributed by atoms with Crippen molar-refractivity contribution in [2.45, 2.75) is 45.4 Å². The number of anilines is 2. The average molecular weight is 527 g/mol. The number of benzene rings is 2. The van der Waals surface area contributed by atoms with Crippen LogP contribution in [-0.2, 0) is 25.7 Å². The van der Waals surface area contributed by atoms with E-state index in [1.165, 1.54) is 0 Å². The third-order valence-corrected chi connectivity index (χ3v) is 5.55. The highest BCUT2D eigenvalue weighted by atomic mass is 16.5. The summed E-state index contributed by atoms with van der Waals surface area (Å²) in [6.45, 7) is 4.20. The molecule has 38 heavy (non-hydrogen) atoms. The number of hydrogen-bond acceptors (Lipinski definition) is 7. The first-order chi connectivity index (χ1) is 18.1. The highest BCUT2D eigenvalue weighted by Gasteiger charge is 2.29. The van der Waals surface area contributed by atoms with E-state index in [4.69, 9.17) is 16.2 Å². The van der Waals surface area contributed by atoms with Crippen molar-refractivity contribution in [3.8, 4) is 0 Å².